The molecule has 17 heteroatoms. The number of halogens is 3. The summed E-state index contributed by atoms with van der Waals surface area (Å²) in [5, 5.41) is 1.91. The molecule has 306 valence electrons. The van der Waals surface area contributed by atoms with Crippen LogP contribution in [0.4, 0.5) is 0 Å². The molecule has 8 aromatic rings. The number of hydrogen-bond donors (Lipinski definition) is 0. The molecule has 5 heterocycles. The van der Waals surface area contributed by atoms with Gasteiger partial charge in [0, 0.05) is 55.6 Å². The van der Waals surface area contributed by atoms with Gasteiger partial charge in [-0.1, -0.05) is 116 Å². The molecule has 8 bridgehead atoms. The van der Waals surface area contributed by atoms with Gasteiger partial charge in [-0.3, -0.25) is 0 Å². The van der Waals surface area contributed by atoms with E-state index < -0.39 is 11.9 Å². The van der Waals surface area contributed by atoms with Crippen LogP contribution in [0.15, 0.2) is 84.9 Å². The van der Waals surface area contributed by atoms with E-state index in [4.69, 9.17) is 88.9 Å². The minimum absolute atomic E-state index is 0. The fourth-order valence-corrected chi connectivity index (χ4v) is 8.33. The first-order chi connectivity index (χ1) is 29.8. The second-order valence-electron chi connectivity index (χ2n) is 15.4. The average molecular weight is 946 g/mol. The summed E-state index contributed by atoms with van der Waals surface area (Å²) in [6.45, 7) is 6.45. The van der Waals surface area contributed by atoms with Gasteiger partial charge in [0.25, 0.3) is 0 Å². The molecule has 0 saturated heterocycles. The summed E-state index contributed by atoms with van der Waals surface area (Å²) in [4.78, 5) is 65.1. The number of methoxy groups -OCH3 is 2. The van der Waals surface area contributed by atoms with Crippen LogP contribution in [0, 0.1) is 0 Å². The molecule has 0 atom stereocenters. The molecule has 0 saturated carbocycles. The third kappa shape index (κ3) is 7.07. The Bertz CT molecular complexity index is 3420. The van der Waals surface area contributed by atoms with Gasteiger partial charge >= 0.3 is 31.4 Å². The monoisotopic (exact) mass is 942 g/mol. The van der Waals surface area contributed by atoms with Crippen LogP contribution in [0.1, 0.15) is 47.1 Å². The Morgan fingerprint density at radius 1 is 0.540 bits per heavy atom. The number of ether oxygens (including phenoxy) is 3. The van der Waals surface area contributed by atoms with Crippen molar-refractivity contribution >= 4 is 90.9 Å². The molecular formula is C46H29Cl3N8O5Zn. The number of carbonyl (C=O) groups is 2. The van der Waals surface area contributed by atoms with E-state index in [1.807, 2.05) is 54.6 Å². The molecule has 10 rings (SSSR count). The van der Waals surface area contributed by atoms with Crippen LogP contribution in [0.5, 0.6) is 11.5 Å². The number of esters is 2. The van der Waals surface area contributed by atoms with Gasteiger partial charge in [-0.05, 0) is 46.0 Å². The molecule has 0 amide bonds. The van der Waals surface area contributed by atoms with E-state index in [-0.39, 0.29) is 90.5 Å². The Morgan fingerprint density at radius 3 is 1.46 bits per heavy atom. The molecule has 5 aromatic carbocycles. The van der Waals surface area contributed by atoms with Crippen molar-refractivity contribution in [1.82, 2.24) is 39.9 Å². The van der Waals surface area contributed by atoms with Gasteiger partial charge in [0.15, 0.2) is 5.75 Å². The normalized spacial score (nSPS) is 11.8. The first-order valence-electron chi connectivity index (χ1n) is 19.1. The average Bonchev–Trinajstić information content (AvgIpc) is 4.01. The van der Waals surface area contributed by atoms with Gasteiger partial charge in [0.05, 0.1) is 58.7 Å². The summed E-state index contributed by atoms with van der Waals surface area (Å²) >= 11 is 21.4. The molecule has 3 aromatic heterocycles. The standard InChI is InChI=1S/C46H29Cl3N8O5.Zn/c1-46(2,3)22-14-15-28-29(19-22)41-53-37-25-11-7-9-13-27(25)39(51-37)56-43-31-30(42(57-43)55-38-26-12-8-6-10-24(26)36(50-38)52-40(28)54-41)32(47)34(49)35(33(31)48)62-23-17-20(44(58)60-4)16-21(18-23)45(59)61-5;/h6-19H,1-5H3;/q-2;+2. The summed E-state index contributed by atoms with van der Waals surface area (Å²) in [5.74, 6) is -0.216. The minimum Gasteiger partial charge on any atom is -0.465 e. The number of nitrogens with zero attached hydrogens (tertiary/aromatic N) is 8. The predicted octanol–water partition coefficient (Wildman–Crippen LogP) is 10.7. The zero-order valence-corrected chi connectivity index (χ0v) is 39.3. The van der Waals surface area contributed by atoms with Crippen LogP contribution < -0.4 is 14.7 Å². The van der Waals surface area contributed by atoms with Crippen LogP contribution in [-0.4, -0.2) is 56.1 Å². The third-order valence-electron chi connectivity index (χ3n) is 10.6. The van der Waals surface area contributed by atoms with Gasteiger partial charge in [-0.15, -0.1) is 0 Å². The van der Waals surface area contributed by atoms with Crippen LogP contribution in [-0.2, 0) is 34.4 Å². The molecule has 63 heavy (non-hydrogen) atoms. The Morgan fingerprint density at radius 2 is 0.984 bits per heavy atom. The van der Waals surface area contributed by atoms with Gasteiger partial charge in [-0.25, -0.2) is 19.6 Å². The maximum absolute atomic E-state index is 12.6. The molecule has 0 spiro atoms. The molecule has 13 nitrogen and oxygen atoms in total. The van der Waals surface area contributed by atoms with Crippen LogP contribution in [0.25, 0.3) is 89.7 Å². The Balaban J connectivity index is 0.00000504. The van der Waals surface area contributed by atoms with Gasteiger partial charge < -0.3 is 44.1 Å². The second-order valence-corrected chi connectivity index (χ2v) is 16.6. The number of carbonyl (C=O) groups excluding carboxylic acids is 2. The maximum atomic E-state index is 12.6. The van der Waals surface area contributed by atoms with Crippen LogP contribution >= 0.6 is 34.8 Å². The van der Waals surface area contributed by atoms with Crippen molar-refractivity contribution in [2.45, 2.75) is 26.2 Å². The Hall–Kier alpha value is -6.31. The van der Waals surface area contributed by atoms with E-state index in [2.05, 4.69) is 32.9 Å². The number of benzene rings is 5. The van der Waals surface area contributed by atoms with Gasteiger partial charge in [0.2, 0.25) is 0 Å². The summed E-state index contributed by atoms with van der Waals surface area (Å²) in [7, 11) is 2.42. The van der Waals surface area contributed by atoms with E-state index in [0.717, 1.165) is 21.9 Å². The number of rotatable bonds is 4. The van der Waals surface area contributed by atoms with E-state index >= 15 is 0 Å². The van der Waals surface area contributed by atoms with E-state index in [1.165, 1.54) is 32.4 Å². The summed E-state index contributed by atoms with van der Waals surface area (Å²) < 4.78 is 16.1. The third-order valence-corrected chi connectivity index (χ3v) is 11.8. The van der Waals surface area contributed by atoms with Crippen molar-refractivity contribution in [3.63, 3.8) is 0 Å². The number of fused-ring (bicyclic) bond motifs is 20. The smallest absolute Gasteiger partial charge is 0.465 e. The van der Waals surface area contributed by atoms with E-state index in [9.17, 15) is 9.59 Å². The van der Waals surface area contributed by atoms with Crippen LogP contribution in [0.2, 0.25) is 15.1 Å². The van der Waals surface area contributed by atoms with Crippen molar-refractivity contribution in [2.75, 3.05) is 14.2 Å². The fourth-order valence-electron chi connectivity index (χ4n) is 7.48. The zero-order valence-electron chi connectivity index (χ0n) is 34.0. The molecule has 2 aliphatic rings. The Labute approximate surface area is 386 Å². The van der Waals surface area contributed by atoms with Gasteiger partial charge in [-0.2, -0.15) is 0 Å². The molecule has 0 fully saturated rings. The van der Waals surface area contributed by atoms with E-state index in [0.29, 0.717) is 45.5 Å². The summed E-state index contributed by atoms with van der Waals surface area (Å²) in [5.41, 5.74) is 4.83. The number of hydrogen-bond acceptors (Lipinski definition) is 11. The fraction of sp³-hybridized carbons (Fsp3) is 0.130. The quantitative estimate of drug-likeness (QED) is 0.0929. The molecule has 2 aliphatic heterocycles. The topological polar surface area (TPSA) is 167 Å². The largest absolute Gasteiger partial charge is 2.00 e. The van der Waals surface area contributed by atoms with Crippen molar-refractivity contribution < 1.29 is 43.3 Å². The second kappa shape index (κ2) is 15.8. The minimum atomic E-state index is -0.725. The summed E-state index contributed by atoms with van der Waals surface area (Å²) in [6.07, 6.45) is 0. The van der Waals surface area contributed by atoms with Crippen molar-refractivity contribution in [2.24, 2.45) is 0 Å². The molecule has 0 radical (unpaired) electrons. The molecule has 0 N–H and O–H groups in total. The molecule has 0 unspecified atom stereocenters. The Kier molecular flexibility index (Phi) is 10.5. The molecule has 0 aliphatic carbocycles. The van der Waals surface area contributed by atoms with Crippen molar-refractivity contribution in [3.8, 4) is 57.1 Å². The van der Waals surface area contributed by atoms with E-state index in [1.54, 1.807) is 0 Å². The maximum Gasteiger partial charge on any atom is 2.00 e. The number of aromatic nitrogens is 8. The van der Waals surface area contributed by atoms with Gasteiger partial charge in [0.1, 0.15) is 10.8 Å². The van der Waals surface area contributed by atoms with Crippen LogP contribution in [0.3, 0.4) is 0 Å². The predicted molar refractivity (Wildman–Crippen MR) is 237 cm³/mol. The van der Waals surface area contributed by atoms with Crippen molar-refractivity contribution in [1.29, 1.82) is 0 Å². The SMILES string of the molecule is COC(=O)c1cc(Oc2c(Cl)c(Cl)c3c4nc5nc(nc6[n-]c(nc7nc(nc([n-]4)c3c2Cl)-c2ccccc2-7)c2cc(C(C)(C)C)ccc62)-c2ccccc2-5)cc(C(=O)OC)c1.[Zn+2]. The first kappa shape index (κ1) is 42.0. The molecular weight excluding hydrogens is 916 g/mol. The first-order valence-corrected chi connectivity index (χ1v) is 20.2. The van der Waals surface area contributed by atoms with Crippen molar-refractivity contribution in [3.05, 3.63) is 117 Å². The zero-order chi connectivity index (χ0) is 43.2. The summed E-state index contributed by atoms with van der Waals surface area (Å²) in [6, 6.07) is 25.4.